The monoisotopic (exact) mass is 598 g/mol. The number of nitrogen functional groups attached to an aromatic ring is 1. The van der Waals surface area contributed by atoms with Crippen LogP contribution in [0.3, 0.4) is 0 Å². The molecule has 3 aromatic heterocycles. The maximum atomic E-state index is 15.5. The van der Waals surface area contributed by atoms with Gasteiger partial charge in [0.05, 0.1) is 29.9 Å². The average Bonchev–Trinajstić information content (AvgIpc) is 3.42. The Morgan fingerprint density at radius 3 is 2.48 bits per heavy atom. The van der Waals surface area contributed by atoms with Crippen molar-refractivity contribution >= 4 is 33.5 Å². The molecule has 12 heteroatoms. The zero-order chi connectivity index (χ0) is 30.5. The van der Waals surface area contributed by atoms with E-state index in [1.165, 1.54) is 47.4 Å². The largest absolute Gasteiger partial charge is 0.458 e. The summed E-state index contributed by atoms with van der Waals surface area (Å²) in [6.07, 6.45) is 1.27. The third kappa shape index (κ3) is 4.54. The Morgan fingerprint density at radius 2 is 1.70 bits per heavy atom. The quantitative estimate of drug-likeness (QED) is 0.269. The molecule has 0 amide bonds. The van der Waals surface area contributed by atoms with Crippen molar-refractivity contribution in [1.82, 2.24) is 19.7 Å². The van der Waals surface area contributed by atoms with E-state index < -0.39 is 28.9 Å². The molecule has 9 nitrogen and oxygen atoms in total. The molecule has 1 aliphatic rings. The van der Waals surface area contributed by atoms with Crippen molar-refractivity contribution in [2.24, 2.45) is 0 Å². The smallest absolute Gasteiger partial charge is 0.203 e. The number of hydrogen-bond acceptors (Lipinski definition) is 8. The summed E-state index contributed by atoms with van der Waals surface area (Å²) in [7, 11) is 0. The minimum Gasteiger partial charge on any atom is -0.458 e. The van der Waals surface area contributed by atoms with Gasteiger partial charge in [0, 0.05) is 18.7 Å². The summed E-state index contributed by atoms with van der Waals surface area (Å²) >= 11 is 0. The number of halogens is 3. The van der Waals surface area contributed by atoms with Gasteiger partial charge in [0.1, 0.15) is 58.1 Å². The lowest BCUT2D eigenvalue weighted by Gasteiger charge is -2.29. The van der Waals surface area contributed by atoms with E-state index in [1.54, 1.807) is 25.1 Å². The highest BCUT2D eigenvalue weighted by atomic mass is 19.1. The molecule has 6 aromatic rings. The van der Waals surface area contributed by atoms with Gasteiger partial charge in [-0.25, -0.2) is 27.8 Å². The van der Waals surface area contributed by atoms with Crippen LogP contribution in [0.25, 0.3) is 44.4 Å². The molecule has 4 heterocycles. The summed E-state index contributed by atoms with van der Waals surface area (Å²) in [5, 5.41) is 4.90. The van der Waals surface area contributed by atoms with Gasteiger partial charge in [-0.1, -0.05) is 24.3 Å². The Hall–Kier alpha value is -5.23. The number of hydrogen-bond donors (Lipinski definition) is 1. The summed E-state index contributed by atoms with van der Waals surface area (Å²) in [6, 6.07) is 13.5. The highest BCUT2D eigenvalue weighted by molar-refractivity contribution is 5.98. The molecule has 0 saturated carbocycles. The van der Waals surface area contributed by atoms with Crippen LogP contribution in [0.4, 0.5) is 24.7 Å². The first-order chi connectivity index (χ1) is 21.3. The molecule has 1 saturated heterocycles. The van der Waals surface area contributed by atoms with Crippen LogP contribution in [0.15, 0.2) is 76.2 Å². The van der Waals surface area contributed by atoms with Crippen LogP contribution in [0, 0.1) is 17.5 Å². The standard InChI is InChI=1S/C32H25F3N6O3/c1-17(30-25(18-4-2-5-20(33)14-18)29(42)26-21(34)6-3-7-24(26)44-30)41-32-27(31(36)37-16-38-32)28(39-41)19-8-9-23(22(35)15-19)40-10-12-43-13-11-40/h2-9,14-17H,10-13H2,1H3,(H2,36,37,38)/t17-/m0/s1. The zero-order valence-corrected chi connectivity index (χ0v) is 23.4. The van der Waals surface area contributed by atoms with Gasteiger partial charge in [0.2, 0.25) is 5.43 Å². The molecule has 0 bridgehead atoms. The maximum absolute atomic E-state index is 15.5. The Labute approximate surface area is 248 Å². The molecule has 7 rings (SSSR count). The minimum absolute atomic E-state index is 0.0172. The summed E-state index contributed by atoms with van der Waals surface area (Å²) in [5.41, 5.74) is 7.34. The number of ether oxygens (including phenoxy) is 1. The summed E-state index contributed by atoms with van der Waals surface area (Å²) < 4.78 is 57.8. The van der Waals surface area contributed by atoms with Gasteiger partial charge < -0.3 is 19.8 Å². The van der Waals surface area contributed by atoms with Crippen LogP contribution in [-0.4, -0.2) is 46.1 Å². The fourth-order valence-corrected chi connectivity index (χ4v) is 5.72. The first-order valence-corrected chi connectivity index (χ1v) is 13.9. The second-order valence-electron chi connectivity index (χ2n) is 10.5. The van der Waals surface area contributed by atoms with E-state index in [-0.39, 0.29) is 33.7 Å². The molecule has 1 fully saturated rings. The van der Waals surface area contributed by atoms with Crippen molar-refractivity contribution in [3.8, 4) is 22.4 Å². The second kappa shape index (κ2) is 10.8. The first kappa shape index (κ1) is 27.6. The number of rotatable bonds is 5. The van der Waals surface area contributed by atoms with E-state index in [1.807, 2.05) is 4.90 Å². The molecule has 2 N–H and O–H groups in total. The molecule has 0 aliphatic carbocycles. The van der Waals surface area contributed by atoms with Crippen molar-refractivity contribution < 1.29 is 22.3 Å². The third-order valence-corrected chi connectivity index (χ3v) is 7.85. The van der Waals surface area contributed by atoms with E-state index in [0.717, 1.165) is 6.07 Å². The fraction of sp³-hybridized carbons (Fsp3) is 0.188. The van der Waals surface area contributed by atoms with Crippen LogP contribution in [0.2, 0.25) is 0 Å². The van der Waals surface area contributed by atoms with Crippen molar-refractivity contribution in [2.45, 2.75) is 13.0 Å². The lowest BCUT2D eigenvalue weighted by Crippen LogP contribution is -2.36. The molecule has 222 valence electrons. The zero-order valence-electron chi connectivity index (χ0n) is 23.4. The van der Waals surface area contributed by atoms with Gasteiger partial charge in [-0.2, -0.15) is 5.10 Å². The molecule has 0 spiro atoms. The second-order valence-corrected chi connectivity index (χ2v) is 10.5. The van der Waals surface area contributed by atoms with Crippen LogP contribution in [-0.2, 0) is 4.74 Å². The van der Waals surface area contributed by atoms with Gasteiger partial charge in [0.15, 0.2) is 5.65 Å². The number of aromatic nitrogens is 4. The predicted molar refractivity (Wildman–Crippen MR) is 160 cm³/mol. The Bertz CT molecular complexity index is 2120. The number of benzene rings is 3. The Morgan fingerprint density at radius 1 is 0.909 bits per heavy atom. The van der Waals surface area contributed by atoms with Crippen LogP contribution < -0.4 is 16.1 Å². The molecule has 3 aromatic carbocycles. The van der Waals surface area contributed by atoms with Gasteiger partial charge >= 0.3 is 0 Å². The van der Waals surface area contributed by atoms with E-state index in [9.17, 15) is 13.6 Å². The summed E-state index contributed by atoms with van der Waals surface area (Å²) in [6.45, 7) is 3.87. The van der Waals surface area contributed by atoms with E-state index in [0.29, 0.717) is 54.3 Å². The lowest BCUT2D eigenvalue weighted by atomic mass is 9.99. The Kier molecular flexibility index (Phi) is 6.77. The van der Waals surface area contributed by atoms with Crippen molar-refractivity contribution in [3.63, 3.8) is 0 Å². The topological polar surface area (TPSA) is 112 Å². The van der Waals surface area contributed by atoms with Crippen LogP contribution in [0.5, 0.6) is 0 Å². The van der Waals surface area contributed by atoms with Crippen molar-refractivity contribution in [1.29, 1.82) is 0 Å². The molecule has 0 unspecified atom stereocenters. The SMILES string of the molecule is C[C@@H](c1oc2cccc(F)c2c(=O)c1-c1cccc(F)c1)n1nc(-c2ccc(N3CCOCC3)c(F)c2)c2c(N)ncnc21. The van der Waals surface area contributed by atoms with E-state index >= 15 is 4.39 Å². The molecule has 1 aliphatic heterocycles. The molecule has 0 radical (unpaired) electrons. The fourth-order valence-electron chi connectivity index (χ4n) is 5.72. The van der Waals surface area contributed by atoms with Crippen LogP contribution in [0.1, 0.15) is 18.7 Å². The number of anilines is 2. The molecule has 1 atom stereocenters. The number of nitrogens with zero attached hydrogens (tertiary/aromatic N) is 5. The summed E-state index contributed by atoms with van der Waals surface area (Å²) in [5.74, 6) is -1.56. The third-order valence-electron chi connectivity index (χ3n) is 7.85. The highest BCUT2D eigenvalue weighted by Crippen LogP contribution is 2.37. The van der Waals surface area contributed by atoms with E-state index in [2.05, 4.69) is 9.97 Å². The number of morpholine rings is 1. The van der Waals surface area contributed by atoms with Crippen LogP contribution >= 0.6 is 0 Å². The highest BCUT2D eigenvalue weighted by Gasteiger charge is 2.28. The Balaban J connectivity index is 1.43. The number of fused-ring (bicyclic) bond motifs is 2. The minimum atomic E-state index is -0.836. The van der Waals surface area contributed by atoms with Gasteiger partial charge in [-0.05, 0) is 48.9 Å². The van der Waals surface area contributed by atoms with Crippen molar-refractivity contribution in [3.05, 3.63) is 100 Å². The molecular formula is C32H25F3N6O3. The molecule has 44 heavy (non-hydrogen) atoms. The molecular weight excluding hydrogens is 573 g/mol. The summed E-state index contributed by atoms with van der Waals surface area (Å²) in [4.78, 5) is 24.3. The van der Waals surface area contributed by atoms with Gasteiger partial charge in [0.25, 0.3) is 0 Å². The normalized spacial score (nSPS) is 14.4. The first-order valence-electron chi connectivity index (χ1n) is 13.9. The van der Waals surface area contributed by atoms with Gasteiger partial charge in [-0.3, -0.25) is 4.79 Å². The predicted octanol–water partition coefficient (Wildman–Crippen LogP) is 5.71. The number of nitrogens with two attached hydrogens (primary N) is 1. The lowest BCUT2D eigenvalue weighted by molar-refractivity contribution is 0.122. The van der Waals surface area contributed by atoms with Gasteiger partial charge in [-0.15, -0.1) is 0 Å². The average molecular weight is 599 g/mol. The maximum Gasteiger partial charge on any atom is 0.203 e. The van der Waals surface area contributed by atoms with E-state index in [4.69, 9.17) is 20.0 Å². The van der Waals surface area contributed by atoms with Crippen molar-refractivity contribution in [2.75, 3.05) is 36.9 Å².